The lowest BCUT2D eigenvalue weighted by Gasteiger charge is -2.19. The van der Waals surface area contributed by atoms with Crippen LogP contribution in [0.15, 0.2) is 78.9 Å². The molecular weight excluding hydrogens is 545 g/mol. The molecule has 7 nitrogen and oxygen atoms in total. The number of methoxy groups -OCH3 is 1. The van der Waals surface area contributed by atoms with Crippen LogP contribution in [0.5, 0.6) is 5.75 Å². The Balaban J connectivity index is 1.40. The molecule has 6 rings (SSSR count). The first kappa shape index (κ1) is 26.5. The number of carboxylic acids is 1. The van der Waals surface area contributed by atoms with Crippen molar-refractivity contribution in [2.45, 2.75) is 18.9 Å². The van der Waals surface area contributed by atoms with E-state index in [9.17, 15) is 19.1 Å². The van der Waals surface area contributed by atoms with Crippen LogP contribution in [-0.4, -0.2) is 34.1 Å². The SMILES string of the molecule is COc1cc2nc(-c3cccc(Cl)c3-c3ccc(C(=O)NC(c4ccccc4)C4CC4)cc3C(=O)O)[nH]c2cc1F. The second-order valence-electron chi connectivity index (χ2n) is 10.0. The Morgan fingerprint density at radius 2 is 1.83 bits per heavy atom. The molecule has 1 atom stereocenters. The summed E-state index contributed by atoms with van der Waals surface area (Å²) in [5, 5.41) is 13.6. The Bertz CT molecular complexity index is 1800. The van der Waals surface area contributed by atoms with Gasteiger partial charge in [0.2, 0.25) is 0 Å². The Morgan fingerprint density at radius 1 is 1.05 bits per heavy atom. The summed E-state index contributed by atoms with van der Waals surface area (Å²) in [5.74, 6) is -1.33. The fourth-order valence-electron chi connectivity index (χ4n) is 5.16. The molecule has 0 aliphatic heterocycles. The number of hydrogen-bond donors (Lipinski definition) is 3. The predicted octanol–water partition coefficient (Wildman–Crippen LogP) is 7.28. The second kappa shape index (κ2) is 10.7. The van der Waals surface area contributed by atoms with Crippen molar-refractivity contribution in [1.82, 2.24) is 15.3 Å². The first-order chi connectivity index (χ1) is 19.8. The third kappa shape index (κ3) is 5.14. The van der Waals surface area contributed by atoms with Gasteiger partial charge in [-0.3, -0.25) is 4.79 Å². The Morgan fingerprint density at radius 3 is 2.54 bits per heavy atom. The van der Waals surface area contributed by atoms with E-state index in [1.54, 1.807) is 30.3 Å². The highest BCUT2D eigenvalue weighted by Crippen LogP contribution is 2.42. The molecule has 1 heterocycles. The number of nitrogens with zero attached hydrogens (tertiary/aromatic N) is 1. The number of benzene rings is 4. The summed E-state index contributed by atoms with van der Waals surface area (Å²) in [6.45, 7) is 0. The van der Waals surface area contributed by atoms with Crippen molar-refractivity contribution in [2.75, 3.05) is 7.11 Å². The molecule has 3 N–H and O–H groups in total. The first-order valence-corrected chi connectivity index (χ1v) is 13.5. The van der Waals surface area contributed by atoms with E-state index in [0.29, 0.717) is 44.5 Å². The molecule has 1 aliphatic carbocycles. The van der Waals surface area contributed by atoms with E-state index < -0.39 is 11.8 Å². The molecule has 1 aliphatic rings. The molecule has 1 aromatic heterocycles. The largest absolute Gasteiger partial charge is 0.494 e. The number of aromatic amines is 1. The van der Waals surface area contributed by atoms with Crippen LogP contribution < -0.4 is 10.1 Å². The van der Waals surface area contributed by atoms with Gasteiger partial charge >= 0.3 is 5.97 Å². The topological polar surface area (TPSA) is 104 Å². The summed E-state index contributed by atoms with van der Waals surface area (Å²) in [4.78, 5) is 33.5. The van der Waals surface area contributed by atoms with Crippen molar-refractivity contribution in [3.8, 4) is 28.3 Å². The standard InChI is InChI=1S/C32H25ClFN3O4/c1-41-27-16-26-25(15-24(27)34)35-30(36-26)21-8-5-9-23(33)28(21)20-13-12-19(14-22(20)32(39)40)31(38)37-29(18-10-11-18)17-6-3-2-4-7-17/h2-9,12-16,18,29H,10-11H2,1H3,(H,35,36)(H,37,38)(H,39,40). The number of ether oxygens (including phenoxy) is 1. The molecule has 1 amide bonds. The quantitative estimate of drug-likeness (QED) is 0.182. The highest BCUT2D eigenvalue weighted by Gasteiger charge is 2.33. The van der Waals surface area contributed by atoms with Gasteiger partial charge in [0.05, 0.1) is 29.7 Å². The third-order valence-corrected chi connectivity index (χ3v) is 7.66. The van der Waals surface area contributed by atoms with Crippen LogP contribution in [0.3, 0.4) is 0 Å². The molecule has 0 saturated heterocycles. The molecule has 4 aromatic carbocycles. The van der Waals surface area contributed by atoms with Crippen LogP contribution in [0.25, 0.3) is 33.5 Å². The number of aromatic nitrogens is 2. The summed E-state index contributed by atoms with van der Waals surface area (Å²) in [5.41, 5.74) is 3.33. The molecule has 0 spiro atoms. The number of rotatable bonds is 8. The van der Waals surface area contributed by atoms with Crippen molar-refractivity contribution in [2.24, 2.45) is 5.92 Å². The maximum Gasteiger partial charge on any atom is 0.336 e. The van der Waals surface area contributed by atoms with E-state index in [2.05, 4.69) is 15.3 Å². The van der Waals surface area contributed by atoms with Gasteiger partial charge in [-0.25, -0.2) is 14.2 Å². The van der Waals surface area contributed by atoms with Gasteiger partial charge in [-0.2, -0.15) is 0 Å². The predicted molar refractivity (Wildman–Crippen MR) is 155 cm³/mol. The maximum atomic E-state index is 14.3. The first-order valence-electron chi connectivity index (χ1n) is 13.1. The van der Waals surface area contributed by atoms with Gasteiger partial charge in [0.15, 0.2) is 11.6 Å². The third-order valence-electron chi connectivity index (χ3n) is 7.34. The summed E-state index contributed by atoms with van der Waals surface area (Å²) in [7, 11) is 1.37. The smallest absolute Gasteiger partial charge is 0.336 e. The molecule has 1 fully saturated rings. The number of carboxylic acid groups (broad SMARTS) is 1. The number of halogens is 2. The minimum Gasteiger partial charge on any atom is -0.494 e. The number of hydrogen-bond acceptors (Lipinski definition) is 4. The molecule has 0 radical (unpaired) electrons. The number of nitrogens with one attached hydrogen (secondary N) is 2. The Kier molecular flexibility index (Phi) is 6.93. The number of amides is 1. The molecule has 41 heavy (non-hydrogen) atoms. The molecular formula is C32H25ClFN3O4. The maximum absolute atomic E-state index is 14.3. The van der Waals surface area contributed by atoms with Gasteiger partial charge in [0.1, 0.15) is 5.82 Å². The van der Waals surface area contributed by atoms with Crippen LogP contribution in [-0.2, 0) is 0 Å². The number of H-pyrrole nitrogens is 1. The number of carbonyl (C=O) groups is 2. The van der Waals surface area contributed by atoms with E-state index in [-0.39, 0.29) is 28.8 Å². The van der Waals surface area contributed by atoms with Gasteiger partial charge in [-0.15, -0.1) is 0 Å². The van der Waals surface area contributed by atoms with E-state index >= 15 is 0 Å². The zero-order valence-electron chi connectivity index (χ0n) is 21.9. The van der Waals surface area contributed by atoms with Gasteiger partial charge in [-0.1, -0.05) is 60.1 Å². The highest BCUT2D eigenvalue weighted by molar-refractivity contribution is 6.34. The van der Waals surface area contributed by atoms with Gasteiger partial charge in [0.25, 0.3) is 5.91 Å². The number of carbonyl (C=O) groups excluding carboxylic acids is 1. The van der Waals surface area contributed by atoms with Crippen molar-refractivity contribution in [3.63, 3.8) is 0 Å². The molecule has 9 heteroatoms. The van der Waals surface area contributed by atoms with Crippen LogP contribution in [0.2, 0.25) is 5.02 Å². The lowest BCUT2D eigenvalue weighted by molar-refractivity contribution is 0.0697. The number of imidazole rings is 1. The summed E-state index contributed by atoms with van der Waals surface area (Å²) < 4.78 is 19.4. The lowest BCUT2D eigenvalue weighted by atomic mass is 9.93. The molecule has 1 unspecified atom stereocenters. The van der Waals surface area contributed by atoms with Gasteiger partial charge < -0.3 is 20.1 Å². The van der Waals surface area contributed by atoms with Gasteiger partial charge in [-0.05, 0) is 48.1 Å². The Labute approximate surface area is 240 Å². The second-order valence-corrected chi connectivity index (χ2v) is 10.4. The van der Waals surface area contributed by atoms with Crippen molar-refractivity contribution >= 4 is 34.5 Å². The highest BCUT2D eigenvalue weighted by atomic mass is 35.5. The fraction of sp³-hybridized carbons (Fsp3) is 0.156. The van der Waals surface area contributed by atoms with E-state index in [4.69, 9.17) is 16.3 Å². The van der Waals surface area contributed by atoms with Gasteiger partial charge in [0, 0.05) is 33.8 Å². The van der Waals surface area contributed by atoms with Crippen molar-refractivity contribution < 1.29 is 23.8 Å². The summed E-state index contributed by atoms with van der Waals surface area (Å²) in [6.07, 6.45) is 2.05. The van der Waals surface area contributed by atoms with Crippen LogP contribution >= 0.6 is 11.6 Å². The van der Waals surface area contributed by atoms with E-state index in [0.717, 1.165) is 18.4 Å². The number of fused-ring (bicyclic) bond motifs is 1. The van der Waals surface area contributed by atoms with Crippen LogP contribution in [0.1, 0.15) is 45.2 Å². The monoisotopic (exact) mass is 569 g/mol. The molecule has 206 valence electrons. The minimum atomic E-state index is -1.21. The minimum absolute atomic E-state index is 0.0556. The van der Waals surface area contributed by atoms with Crippen molar-refractivity contribution in [1.29, 1.82) is 0 Å². The average molecular weight is 570 g/mol. The Hall–Kier alpha value is -4.69. The normalized spacial score (nSPS) is 13.6. The fourth-order valence-corrected chi connectivity index (χ4v) is 5.44. The summed E-state index contributed by atoms with van der Waals surface area (Å²) >= 11 is 6.65. The van der Waals surface area contributed by atoms with Crippen LogP contribution in [0, 0.1) is 11.7 Å². The van der Waals surface area contributed by atoms with E-state index in [1.807, 2.05) is 30.3 Å². The van der Waals surface area contributed by atoms with Crippen molar-refractivity contribution in [3.05, 3.63) is 106 Å². The van der Waals surface area contributed by atoms with Crippen LogP contribution in [0.4, 0.5) is 4.39 Å². The van der Waals surface area contributed by atoms with E-state index in [1.165, 1.54) is 25.3 Å². The molecule has 0 bridgehead atoms. The molecule has 5 aromatic rings. The summed E-state index contributed by atoms with van der Waals surface area (Å²) in [6, 6.07) is 22.1. The molecule has 1 saturated carbocycles. The number of aromatic carboxylic acids is 1. The zero-order chi connectivity index (χ0) is 28.7. The lowest BCUT2D eigenvalue weighted by Crippen LogP contribution is -2.30. The average Bonchev–Trinajstić information content (AvgIpc) is 3.74. The zero-order valence-corrected chi connectivity index (χ0v) is 22.7.